The molecule has 0 bridgehead atoms. The molecule has 2 heterocycles. The molecule has 3 rings (SSSR count). The average molecular weight is 318 g/mol. The predicted octanol–water partition coefficient (Wildman–Crippen LogP) is 1.99. The largest absolute Gasteiger partial charge is 0.379 e. The highest BCUT2D eigenvalue weighted by atomic mass is 16.5. The van der Waals surface area contributed by atoms with E-state index in [9.17, 15) is 4.79 Å². The number of benzene rings is 1. The van der Waals surface area contributed by atoms with Crippen LogP contribution in [0.4, 0.5) is 4.79 Å². The third-order valence-corrected chi connectivity index (χ3v) is 4.55. The van der Waals surface area contributed by atoms with Gasteiger partial charge in [-0.1, -0.05) is 24.3 Å². The molecular formula is C18H26N2O3. The number of urea groups is 1. The zero-order valence-corrected chi connectivity index (χ0v) is 13.8. The van der Waals surface area contributed by atoms with Gasteiger partial charge in [0.2, 0.25) is 0 Å². The summed E-state index contributed by atoms with van der Waals surface area (Å²) in [6, 6.07) is 8.49. The highest BCUT2D eigenvalue weighted by Crippen LogP contribution is 2.15. The molecule has 0 radical (unpaired) electrons. The third kappa shape index (κ3) is 4.45. The van der Waals surface area contributed by atoms with Crippen LogP contribution < -0.4 is 5.32 Å². The fraction of sp³-hybridized carbons (Fsp3) is 0.611. The summed E-state index contributed by atoms with van der Waals surface area (Å²) in [4.78, 5) is 14.4. The van der Waals surface area contributed by atoms with Crippen molar-refractivity contribution in [3.63, 3.8) is 0 Å². The molecule has 0 spiro atoms. The summed E-state index contributed by atoms with van der Waals surface area (Å²) in [6.07, 6.45) is 2.98. The van der Waals surface area contributed by atoms with E-state index >= 15 is 0 Å². The number of nitrogens with zero attached hydrogens (tertiary/aromatic N) is 1. The molecule has 2 amide bonds. The number of ether oxygens (including phenoxy) is 2. The lowest BCUT2D eigenvalue weighted by atomic mass is 10.0. The SMILES string of the molecule is C[C@H](CO[C@H]1CCOC1)NC(=O)N1CCc2ccccc2CC1. The Kier molecular flexibility index (Phi) is 5.51. The van der Waals surface area contributed by atoms with E-state index in [4.69, 9.17) is 9.47 Å². The number of hydrogen-bond acceptors (Lipinski definition) is 3. The quantitative estimate of drug-likeness (QED) is 0.924. The Morgan fingerprint density at radius 2 is 2.04 bits per heavy atom. The van der Waals surface area contributed by atoms with Crippen molar-refractivity contribution in [2.45, 2.75) is 38.3 Å². The smallest absolute Gasteiger partial charge is 0.317 e. The Hall–Kier alpha value is -1.59. The third-order valence-electron chi connectivity index (χ3n) is 4.55. The molecule has 1 aromatic rings. The van der Waals surface area contributed by atoms with E-state index in [0.29, 0.717) is 13.2 Å². The molecule has 2 aliphatic rings. The summed E-state index contributed by atoms with van der Waals surface area (Å²) in [5.41, 5.74) is 2.72. The van der Waals surface area contributed by atoms with Crippen molar-refractivity contribution in [1.29, 1.82) is 0 Å². The van der Waals surface area contributed by atoms with Crippen LogP contribution in [0.5, 0.6) is 0 Å². The number of carbonyl (C=O) groups excluding carboxylic acids is 1. The van der Waals surface area contributed by atoms with Gasteiger partial charge >= 0.3 is 6.03 Å². The van der Waals surface area contributed by atoms with Gasteiger partial charge < -0.3 is 19.7 Å². The summed E-state index contributed by atoms with van der Waals surface area (Å²) in [5, 5.41) is 3.05. The van der Waals surface area contributed by atoms with E-state index < -0.39 is 0 Å². The lowest BCUT2D eigenvalue weighted by Gasteiger charge is -2.24. The van der Waals surface area contributed by atoms with Crippen LogP contribution in [0.2, 0.25) is 0 Å². The summed E-state index contributed by atoms with van der Waals surface area (Å²) in [5.74, 6) is 0. The topological polar surface area (TPSA) is 50.8 Å². The molecule has 0 aromatic heterocycles. The zero-order chi connectivity index (χ0) is 16.1. The van der Waals surface area contributed by atoms with Gasteiger partial charge in [0.15, 0.2) is 0 Å². The predicted molar refractivity (Wildman–Crippen MR) is 88.6 cm³/mol. The fourth-order valence-corrected chi connectivity index (χ4v) is 3.14. The second kappa shape index (κ2) is 7.79. The van der Waals surface area contributed by atoms with Crippen molar-refractivity contribution >= 4 is 6.03 Å². The number of hydrogen-bond donors (Lipinski definition) is 1. The molecule has 0 aliphatic carbocycles. The van der Waals surface area contributed by atoms with E-state index in [1.54, 1.807) is 0 Å². The van der Waals surface area contributed by atoms with Crippen LogP contribution in [0.3, 0.4) is 0 Å². The maximum absolute atomic E-state index is 12.4. The van der Waals surface area contributed by atoms with E-state index in [-0.39, 0.29) is 18.2 Å². The molecule has 1 saturated heterocycles. The van der Waals surface area contributed by atoms with E-state index in [1.165, 1.54) is 11.1 Å². The van der Waals surface area contributed by atoms with Crippen LogP contribution >= 0.6 is 0 Å². The molecule has 1 fully saturated rings. The minimum atomic E-state index is 0.00808. The van der Waals surface area contributed by atoms with Crippen LogP contribution in [-0.2, 0) is 22.3 Å². The summed E-state index contributed by atoms with van der Waals surface area (Å²) in [6.45, 7) is 5.51. The minimum absolute atomic E-state index is 0.00808. The first-order valence-corrected chi connectivity index (χ1v) is 8.54. The Labute approximate surface area is 137 Å². The first-order chi connectivity index (χ1) is 11.2. The Morgan fingerprint density at radius 1 is 1.35 bits per heavy atom. The molecule has 1 aromatic carbocycles. The Morgan fingerprint density at radius 3 is 2.65 bits per heavy atom. The van der Waals surface area contributed by atoms with Gasteiger partial charge in [-0.3, -0.25) is 0 Å². The minimum Gasteiger partial charge on any atom is -0.379 e. The number of nitrogens with one attached hydrogen (secondary N) is 1. The summed E-state index contributed by atoms with van der Waals surface area (Å²) in [7, 11) is 0. The van der Waals surface area contributed by atoms with Gasteiger partial charge in [-0.2, -0.15) is 0 Å². The van der Waals surface area contributed by atoms with Crippen LogP contribution in [0.1, 0.15) is 24.5 Å². The second-order valence-corrected chi connectivity index (χ2v) is 6.43. The Balaban J connectivity index is 1.45. The average Bonchev–Trinajstić information content (AvgIpc) is 2.98. The lowest BCUT2D eigenvalue weighted by Crippen LogP contribution is -2.46. The monoisotopic (exact) mass is 318 g/mol. The van der Waals surface area contributed by atoms with E-state index in [0.717, 1.165) is 39.0 Å². The highest BCUT2D eigenvalue weighted by Gasteiger charge is 2.21. The van der Waals surface area contributed by atoms with Crippen molar-refractivity contribution in [3.8, 4) is 0 Å². The number of amides is 2. The Bertz CT molecular complexity index is 502. The molecule has 126 valence electrons. The maximum atomic E-state index is 12.4. The first-order valence-electron chi connectivity index (χ1n) is 8.54. The van der Waals surface area contributed by atoms with Crippen molar-refractivity contribution < 1.29 is 14.3 Å². The van der Waals surface area contributed by atoms with E-state index in [1.807, 2.05) is 11.8 Å². The summed E-state index contributed by atoms with van der Waals surface area (Å²) < 4.78 is 11.1. The first kappa shape index (κ1) is 16.3. The van der Waals surface area contributed by atoms with Crippen molar-refractivity contribution in [3.05, 3.63) is 35.4 Å². The normalized spacial score (nSPS) is 22.3. The van der Waals surface area contributed by atoms with Crippen LogP contribution in [-0.4, -0.2) is 56.0 Å². The van der Waals surface area contributed by atoms with Gasteiger partial charge in [0, 0.05) is 19.7 Å². The second-order valence-electron chi connectivity index (χ2n) is 6.43. The van der Waals surface area contributed by atoms with Crippen molar-refractivity contribution in [2.75, 3.05) is 32.9 Å². The molecule has 0 unspecified atom stereocenters. The lowest BCUT2D eigenvalue weighted by molar-refractivity contribution is 0.0331. The molecule has 5 nitrogen and oxygen atoms in total. The molecule has 2 aliphatic heterocycles. The number of carbonyl (C=O) groups is 1. The number of fused-ring (bicyclic) bond motifs is 1. The fourth-order valence-electron chi connectivity index (χ4n) is 3.14. The summed E-state index contributed by atoms with van der Waals surface area (Å²) >= 11 is 0. The zero-order valence-electron chi connectivity index (χ0n) is 13.8. The molecule has 0 saturated carbocycles. The molecule has 23 heavy (non-hydrogen) atoms. The van der Waals surface area contributed by atoms with E-state index in [2.05, 4.69) is 29.6 Å². The molecule has 2 atom stereocenters. The number of rotatable bonds is 4. The standard InChI is InChI=1S/C18H26N2O3/c1-14(12-23-17-8-11-22-13-17)19-18(21)20-9-6-15-4-2-3-5-16(15)7-10-20/h2-5,14,17H,6-13H2,1H3,(H,19,21)/t14-,17+/m1/s1. The van der Waals surface area contributed by atoms with Gasteiger partial charge in [0.05, 0.1) is 25.4 Å². The molecule has 5 heteroatoms. The van der Waals surface area contributed by atoms with Crippen molar-refractivity contribution in [1.82, 2.24) is 10.2 Å². The van der Waals surface area contributed by atoms with Gasteiger partial charge in [-0.05, 0) is 37.3 Å². The van der Waals surface area contributed by atoms with Crippen LogP contribution in [0.15, 0.2) is 24.3 Å². The maximum Gasteiger partial charge on any atom is 0.317 e. The van der Waals surface area contributed by atoms with Gasteiger partial charge in [0.1, 0.15) is 0 Å². The van der Waals surface area contributed by atoms with Crippen LogP contribution in [0, 0.1) is 0 Å². The van der Waals surface area contributed by atoms with Gasteiger partial charge in [0.25, 0.3) is 0 Å². The van der Waals surface area contributed by atoms with Crippen LogP contribution in [0.25, 0.3) is 0 Å². The molecule has 1 N–H and O–H groups in total. The highest BCUT2D eigenvalue weighted by molar-refractivity contribution is 5.74. The van der Waals surface area contributed by atoms with Gasteiger partial charge in [-0.25, -0.2) is 4.79 Å². The van der Waals surface area contributed by atoms with Gasteiger partial charge in [-0.15, -0.1) is 0 Å². The van der Waals surface area contributed by atoms with Crippen molar-refractivity contribution in [2.24, 2.45) is 0 Å². The molecular weight excluding hydrogens is 292 g/mol.